The molecule has 0 radical (unpaired) electrons. The van der Waals surface area contributed by atoms with Gasteiger partial charge in [-0.2, -0.15) is 10.4 Å². The van der Waals surface area contributed by atoms with Crippen molar-refractivity contribution in [3.8, 4) is 6.07 Å². The van der Waals surface area contributed by atoms with E-state index in [0.29, 0.717) is 13.0 Å². The van der Waals surface area contributed by atoms with Gasteiger partial charge in [-0.1, -0.05) is 0 Å². The predicted octanol–water partition coefficient (Wildman–Crippen LogP) is 1.44. The molecule has 2 N–H and O–H groups in total. The third-order valence-corrected chi connectivity index (χ3v) is 3.02. The molecule has 0 aromatic carbocycles. The first-order valence-electron chi connectivity index (χ1n) is 5.42. The van der Waals surface area contributed by atoms with Crippen LogP contribution in [0.25, 0.3) is 0 Å². The minimum atomic E-state index is 0.143. The molecule has 0 saturated carbocycles. The first kappa shape index (κ1) is 10.2. The first-order valence-corrected chi connectivity index (χ1v) is 5.42. The van der Waals surface area contributed by atoms with Crippen LogP contribution in [0.1, 0.15) is 42.3 Å². The van der Waals surface area contributed by atoms with Gasteiger partial charge in [-0.05, 0) is 26.2 Å². The van der Waals surface area contributed by atoms with E-state index in [-0.39, 0.29) is 6.04 Å². The fourth-order valence-electron chi connectivity index (χ4n) is 2.36. The highest BCUT2D eigenvalue weighted by Gasteiger charge is 2.23. The molecular formula is C11H16N4. The van der Waals surface area contributed by atoms with Crippen molar-refractivity contribution in [1.29, 1.82) is 5.26 Å². The van der Waals surface area contributed by atoms with E-state index in [1.165, 1.54) is 11.3 Å². The van der Waals surface area contributed by atoms with Crippen LogP contribution in [0.5, 0.6) is 0 Å². The van der Waals surface area contributed by atoms with Crippen LogP contribution in [0.15, 0.2) is 0 Å². The standard InChI is InChI=1S/C11H16N4/c1-8-11-9(13)4-2-5-10(11)15(14-8)7-3-6-12/h9H,2-5,7,13H2,1H3. The van der Waals surface area contributed by atoms with Gasteiger partial charge in [-0.3, -0.25) is 4.68 Å². The Labute approximate surface area is 89.7 Å². The van der Waals surface area contributed by atoms with Crippen molar-refractivity contribution in [3.63, 3.8) is 0 Å². The lowest BCUT2D eigenvalue weighted by Gasteiger charge is -2.19. The zero-order chi connectivity index (χ0) is 10.8. The summed E-state index contributed by atoms with van der Waals surface area (Å²) in [5, 5.41) is 13.0. The number of aryl methyl sites for hydroxylation is 2. The van der Waals surface area contributed by atoms with Crippen molar-refractivity contribution < 1.29 is 0 Å². The third-order valence-electron chi connectivity index (χ3n) is 3.02. The molecule has 0 fully saturated rings. The molecule has 4 nitrogen and oxygen atoms in total. The van der Waals surface area contributed by atoms with Crippen molar-refractivity contribution in [2.24, 2.45) is 5.73 Å². The van der Waals surface area contributed by atoms with Crippen LogP contribution >= 0.6 is 0 Å². The summed E-state index contributed by atoms with van der Waals surface area (Å²) in [5.41, 5.74) is 9.58. The van der Waals surface area contributed by atoms with Crippen LogP contribution in [-0.2, 0) is 13.0 Å². The summed E-state index contributed by atoms with van der Waals surface area (Å²) < 4.78 is 1.97. The van der Waals surface area contributed by atoms with Gasteiger partial charge in [0.25, 0.3) is 0 Å². The molecule has 4 heteroatoms. The zero-order valence-corrected chi connectivity index (χ0v) is 9.03. The smallest absolute Gasteiger partial charge is 0.0644 e. The molecule has 0 amide bonds. The fraction of sp³-hybridized carbons (Fsp3) is 0.636. The van der Waals surface area contributed by atoms with Gasteiger partial charge in [0, 0.05) is 17.3 Å². The molecule has 80 valence electrons. The van der Waals surface area contributed by atoms with Crippen LogP contribution in [-0.4, -0.2) is 9.78 Å². The maximum Gasteiger partial charge on any atom is 0.0644 e. The van der Waals surface area contributed by atoms with E-state index in [1.807, 2.05) is 11.6 Å². The maximum atomic E-state index is 8.57. The van der Waals surface area contributed by atoms with Crippen LogP contribution in [0.4, 0.5) is 0 Å². The fourth-order valence-corrected chi connectivity index (χ4v) is 2.36. The Kier molecular flexibility index (Phi) is 2.74. The Morgan fingerprint density at radius 2 is 2.47 bits per heavy atom. The molecule has 1 aromatic rings. The lowest BCUT2D eigenvalue weighted by atomic mass is 9.92. The molecule has 0 spiro atoms. The Morgan fingerprint density at radius 3 is 3.20 bits per heavy atom. The average Bonchev–Trinajstić information content (AvgIpc) is 2.54. The van der Waals surface area contributed by atoms with E-state index in [1.54, 1.807) is 0 Å². The molecule has 1 aromatic heterocycles. The summed E-state index contributed by atoms with van der Waals surface area (Å²) in [6.07, 6.45) is 3.75. The third kappa shape index (κ3) is 1.75. The second kappa shape index (κ2) is 4.03. The lowest BCUT2D eigenvalue weighted by molar-refractivity contribution is 0.524. The number of fused-ring (bicyclic) bond motifs is 1. The van der Waals surface area contributed by atoms with Gasteiger partial charge in [0.15, 0.2) is 0 Å². The van der Waals surface area contributed by atoms with Crippen LogP contribution in [0.3, 0.4) is 0 Å². The Morgan fingerprint density at radius 1 is 1.67 bits per heavy atom. The van der Waals surface area contributed by atoms with Gasteiger partial charge >= 0.3 is 0 Å². The average molecular weight is 204 g/mol. The SMILES string of the molecule is Cc1nn(CCC#N)c2c1C(N)CCC2. The van der Waals surface area contributed by atoms with E-state index < -0.39 is 0 Å². The van der Waals surface area contributed by atoms with Gasteiger partial charge in [0.2, 0.25) is 0 Å². The van der Waals surface area contributed by atoms with Crippen LogP contribution in [0.2, 0.25) is 0 Å². The summed E-state index contributed by atoms with van der Waals surface area (Å²) in [4.78, 5) is 0. The monoisotopic (exact) mass is 204 g/mol. The lowest BCUT2D eigenvalue weighted by Crippen LogP contribution is -2.19. The van der Waals surface area contributed by atoms with Gasteiger partial charge in [0.05, 0.1) is 24.7 Å². The van der Waals surface area contributed by atoms with E-state index in [2.05, 4.69) is 11.2 Å². The Bertz CT molecular complexity index is 399. The summed E-state index contributed by atoms with van der Waals surface area (Å²) in [5.74, 6) is 0. The van der Waals surface area contributed by atoms with Crippen molar-refractivity contribution in [2.45, 2.75) is 45.2 Å². The Balaban J connectivity index is 2.34. The molecule has 1 aliphatic rings. The summed E-state index contributed by atoms with van der Waals surface area (Å²) >= 11 is 0. The molecule has 1 atom stereocenters. The molecule has 1 heterocycles. The number of hydrogen-bond donors (Lipinski definition) is 1. The van der Waals surface area contributed by atoms with Gasteiger partial charge in [-0.25, -0.2) is 0 Å². The summed E-state index contributed by atoms with van der Waals surface area (Å²) in [6, 6.07) is 2.29. The number of hydrogen-bond acceptors (Lipinski definition) is 3. The van der Waals surface area contributed by atoms with E-state index in [4.69, 9.17) is 11.0 Å². The molecule has 0 aliphatic heterocycles. The molecular weight excluding hydrogens is 188 g/mol. The molecule has 15 heavy (non-hydrogen) atoms. The number of rotatable bonds is 2. The minimum absolute atomic E-state index is 0.143. The predicted molar refractivity (Wildman–Crippen MR) is 57.1 cm³/mol. The van der Waals surface area contributed by atoms with Gasteiger partial charge < -0.3 is 5.73 Å². The largest absolute Gasteiger partial charge is 0.324 e. The van der Waals surface area contributed by atoms with Crippen molar-refractivity contribution >= 4 is 0 Å². The quantitative estimate of drug-likeness (QED) is 0.792. The highest BCUT2D eigenvalue weighted by atomic mass is 15.3. The number of nitrogens with zero attached hydrogens (tertiary/aromatic N) is 3. The van der Waals surface area contributed by atoms with Gasteiger partial charge in [-0.15, -0.1) is 0 Å². The highest BCUT2D eigenvalue weighted by molar-refractivity contribution is 5.31. The van der Waals surface area contributed by atoms with Crippen molar-refractivity contribution in [1.82, 2.24) is 9.78 Å². The molecule has 1 aliphatic carbocycles. The van der Waals surface area contributed by atoms with Crippen molar-refractivity contribution in [2.75, 3.05) is 0 Å². The number of nitriles is 1. The number of aromatic nitrogens is 2. The van der Waals surface area contributed by atoms with Crippen molar-refractivity contribution in [3.05, 3.63) is 17.0 Å². The second-order valence-corrected chi connectivity index (χ2v) is 4.08. The topological polar surface area (TPSA) is 67.6 Å². The summed E-state index contributed by atoms with van der Waals surface area (Å²) in [6.45, 7) is 2.70. The Hall–Kier alpha value is -1.34. The molecule has 1 unspecified atom stereocenters. The van der Waals surface area contributed by atoms with E-state index >= 15 is 0 Å². The van der Waals surface area contributed by atoms with Crippen LogP contribution in [0, 0.1) is 18.3 Å². The summed E-state index contributed by atoms with van der Waals surface area (Å²) in [7, 11) is 0. The first-order chi connectivity index (χ1) is 7.24. The molecule has 0 bridgehead atoms. The van der Waals surface area contributed by atoms with Gasteiger partial charge in [0.1, 0.15) is 0 Å². The maximum absolute atomic E-state index is 8.57. The minimum Gasteiger partial charge on any atom is -0.324 e. The van der Waals surface area contributed by atoms with E-state index in [0.717, 1.165) is 25.0 Å². The zero-order valence-electron chi connectivity index (χ0n) is 9.03. The normalized spacial score (nSPS) is 19.7. The second-order valence-electron chi connectivity index (χ2n) is 4.08. The molecule has 2 rings (SSSR count). The highest BCUT2D eigenvalue weighted by Crippen LogP contribution is 2.30. The van der Waals surface area contributed by atoms with E-state index in [9.17, 15) is 0 Å². The number of nitrogens with two attached hydrogens (primary N) is 1. The van der Waals surface area contributed by atoms with Crippen LogP contribution < -0.4 is 5.73 Å². The molecule has 0 saturated heterocycles.